The molecule has 0 saturated carbocycles. The van der Waals surface area contributed by atoms with Crippen molar-refractivity contribution in [2.45, 2.75) is 38.4 Å². The fourth-order valence-electron chi connectivity index (χ4n) is 1.42. The summed E-state index contributed by atoms with van der Waals surface area (Å²) in [5.41, 5.74) is -0.410. The molecule has 2 rings (SSSR count). The highest BCUT2D eigenvalue weighted by molar-refractivity contribution is 5.06. The summed E-state index contributed by atoms with van der Waals surface area (Å²) < 4.78 is 20.1. The predicted octanol–water partition coefficient (Wildman–Crippen LogP) is 1.31. The van der Waals surface area contributed by atoms with Crippen LogP contribution in [0.25, 0.3) is 0 Å². The van der Waals surface area contributed by atoms with Gasteiger partial charge in [-0.2, -0.15) is 0 Å². The molecule has 5 heteroatoms. The highest BCUT2D eigenvalue weighted by atomic mass is 19.1. The summed E-state index contributed by atoms with van der Waals surface area (Å²) in [4.78, 5) is 0. The van der Waals surface area contributed by atoms with Crippen LogP contribution in [0.5, 0.6) is 0 Å². The fourth-order valence-corrected chi connectivity index (χ4v) is 1.42. The Morgan fingerprint density at radius 1 is 1.53 bits per heavy atom. The monoisotopic (exact) mass is 213 g/mol. The van der Waals surface area contributed by atoms with E-state index >= 15 is 0 Å². The van der Waals surface area contributed by atoms with Crippen LogP contribution in [-0.2, 0) is 16.7 Å². The van der Waals surface area contributed by atoms with Gasteiger partial charge in [0.05, 0.1) is 25.5 Å². The quantitative estimate of drug-likeness (QED) is 0.743. The van der Waals surface area contributed by atoms with Crippen LogP contribution < -0.4 is 0 Å². The van der Waals surface area contributed by atoms with Crippen LogP contribution in [0.2, 0.25) is 0 Å². The minimum Gasteiger partial charge on any atom is -0.374 e. The van der Waals surface area contributed by atoms with Crippen molar-refractivity contribution in [2.24, 2.45) is 0 Å². The van der Waals surface area contributed by atoms with E-state index in [1.54, 1.807) is 10.9 Å². The highest BCUT2D eigenvalue weighted by Crippen LogP contribution is 2.25. The number of rotatable bonds is 2. The van der Waals surface area contributed by atoms with E-state index in [2.05, 4.69) is 31.1 Å². The molecule has 1 fully saturated rings. The summed E-state index contributed by atoms with van der Waals surface area (Å²) in [6.45, 7) is 6.72. The van der Waals surface area contributed by atoms with Crippen LogP contribution in [-0.4, -0.2) is 33.9 Å². The van der Waals surface area contributed by atoms with Crippen LogP contribution in [0.3, 0.4) is 0 Å². The van der Waals surface area contributed by atoms with Gasteiger partial charge in [0, 0.05) is 11.6 Å². The summed E-state index contributed by atoms with van der Waals surface area (Å²) in [5.74, 6) is 0. The Hall–Kier alpha value is -0.970. The molecule has 1 saturated heterocycles. The van der Waals surface area contributed by atoms with Gasteiger partial charge in [0.2, 0.25) is 0 Å². The number of alkyl halides is 1. The molecule has 0 atom stereocenters. The third-order valence-corrected chi connectivity index (χ3v) is 2.47. The van der Waals surface area contributed by atoms with Crippen LogP contribution in [0.1, 0.15) is 26.5 Å². The van der Waals surface area contributed by atoms with Gasteiger partial charge in [0.1, 0.15) is 0 Å². The van der Waals surface area contributed by atoms with Gasteiger partial charge in [-0.3, -0.25) is 0 Å². The van der Waals surface area contributed by atoms with Crippen molar-refractivity contribution in [1.29, 1.82) is 0 Å². The minimum atomic E-state index is -1.25. The molecule has 4 nitrogen and oxygen atoms in total. The first-order valence-corrected chi connectivity index (χ1v) is 5.06. The lowest BCUT2D eigenvalue weighted by molar-refractivity contribution is -0.138. The molecule has 0 spiro atoms. The maximum atomic E-state index is 13.7. The first kappa shape index (κ1) is 10.5. The summed E-state index contributed by atoms with van der Waals surface area (Å²) in [6, 6.07) is 0. The van der Waals surface area contributed by atoms with Crippen LogP contribution in [0.15, 0.2) is 6.20 Å². The molecule has 2 heterocycles. The molecule has 0 unspecified atom stereocenters. The molecule has 1 aliphatic rings. The van der Waals surface area contributed by atoms with Gasteiger partial charge >= 0.3 is 0 Å². The maximum Gasteiger partial charge on any atom is 0.176 e. The normalized spacial score (nSPS) is 20.0. The molecule has 84 valence electrons. The van der Waals surface area contributed by atoms with Crippen molar-refractivity contribution in [3.63, 3.8) is 0 Å². The third-order valence-electron chi connectivity index (χ3n) is 2.47. The van der Waals surface area contributed by atoms with E-state index < -0.39 is 5.67 Å². The standard InChI is InChI=1S/C10H16FN3O/c1-9(2,3)8-4-14(13-12-8)5-10(11)6-15-7-10/h4H,5-7H2,1-3H3. The smallest absolute Gasteiger partial charge is 0.176 e. The first-order chi connectivity index (χ1) is 6.89. The van der Waals surface area contributed by atoms with Gasteiger partial charge in [0.15, 0.2) is 5.67 Å². The van der Waals surface area contributed by atoms with Gasteiger partial charge < -0.3 is 4.74 Å². The Kier molecular flexibility index (Phi) is 2.30. The van der Waals surface area contributed by atoms with Gasteiger partial charge in [-0.15, -0.1) is 5.10 Å². The van der Waals surface area contributed by atoms with E-state index in [0.717, 1.165) is 5.69 Å². The summed E-state index contributed by atoms with van der Waals surface area (Å²) in [5, 5.41) is 7.96. The van der Waals surface area contributed by atoms with E-state index in [9.17, 15) is 4.39 Å². The number of aromatic nitrogens is 3. The van der Waals surface area contributed by atoms with E-state index in [-0.39, 0.29) is 25.2 Å². The molecular formula is C10H16FN3O. The molecule has 0 bridgehead atoms. The maximum absolute atomic E-state index is 13.7. The number of nitrogens with zero attached hydrogens (tertiary/aromatic N) is 3. The van der Waals surface area contributed by atoms with Crippen molar-refractivity contribution < 1.29 is 9.13 Å². The van der Waals surface area contributed by atoms with E-state index in [1.807, 2.05) is 0 Å². The van der Waals surface area contributed by atoms with E-state index in [1.165, 1.54) is 0 Å². The Morgan fingerprint density at radius 3 is 2.60 bits per heavy atom. The Morgan fingerprint density at radius 2 is 2.20 bits per heavy atom. The molecule has 0 radical (unpaired) electrons. The second-order valence-electron chi connectivity index (χ2n) is 5.20. The van der Waals surface area contributed by atoms with Gasteiger partial charge in [-0.1, -0.05) is 26.0 Å². The zero-order valence-corrected chi connectivity index (χ0v) is 9.33. The number of hydrogen-bond donors (Lipinski definition) is 0. The third kappa shape index (κ3) is 2.17. The van der Waals surface area contributed by atoms with Crippen molar-refractivity contribution in [2.75, 3.05) is 13.2 Å². The predicted molar refractivity (Wildman–Crippen MR) is 53.4 cm³/mol. The van der Waals surface area contributed by atoms with Crippen molar-refractivity contribution in [1.82, 2.24) is 15.0 Å². The number of halogens is 1. The topological polar surface area (TPSA) is 39.9 Å². The Balaban J connectivity index is 2.07. The van der Waals surface area contributed by atoms with Crippen LogP contribution in [0, 0.1) is 0 Å². The average molecular weight is 213 g/mol. The van der Waals surface area contributed by atoms with Crippen LogP contribution >= 0.6 is 0 Å². The van der Waals surface area contributed by atoms with Gasteiger partial charge in [-0.05, 0) is 0 Å². The average Bonchev–Trinajstić information content (AvgIpc) is 2.49. The molecule has 15 heavy (non-hydrogen) atoms. The zero-order valence-electron chi connectivity index (χ0n) is 9.33. The lowest BCUT2D eigenvalue weighted by Gasteiger charge is -2.33. The second-order valence-corrected chi connectivity index (χ2v) is 5.20. The molecule has 1 aromatic heterocycles. The molecular weight excluding hydrogens is 197 g/mol. The summed E-state index contributed by atoms with van der Waals surface area (Å²) in [7, 11) is 0. The fraction of sp³-hybridized carbons (Fsp3) is 0.800. The lowest BCUT2D eigenvalue weighted by Crippen LogP contribution is -2.48. The zero-order chi connectivity index (χ0) is 11.1. The van der Waals surface area contributed by atoms with E-state index in [0.29, 0.717) is 0 Å². The number of ether oxygens (including phenoxy) is 1. The SMILES string of the molecule is CC(C)(C)c1cn(CC2(F)COC2)nn1. The van der Waals surface area contributed by atoms with Crippen LogP contribution in [0.4, 0.5) is 4.39 Å². The summed E-state index contributed by atoms with van der Waals surface area (Å²) >= 11 is 0. The molecule has 1 aromatic rings. The molecule has 1 aliphatic heterocycles. The molecule has 0 aromatic carbocycles. The summed E-state index contributed by atoms with van der Waals surface area (Å²) in [6.07, 6.45) is 1.81. The minimum absolute atomic E-state index is 0.0438. The van der Waals surface area contributed by atoms with Gasteiger partial charge in [-0.25, -0.2) is 9.07 Å². The highest BCUT2D eigenvalue weighted by Gasteiger charge is 2.39. The lowest BCUT2D eigenvalue weighted by atomic mass is 9.93. The molecule has 0 amide bonds. The molecule has 0 N–H and O–H groups in total. The Labute approximate surface area is 88.4 Å². The van der Waals surface area contributed by atoms with Crippen molar-refractivity contribution in [3.8, 4) is 0 Å². The first-order valence-electron chi connectivity index (χ1n) is 5.06. The second kappa shape index (κ2) is 3.27. The van der Waals surface area contributed by atoms with E-state index in [4.69, 9.17) is 4.74 Å². The van der Waals surface area contributed by atoms with Crippen molar-refractivity contribution >= 4 is 0 Å². The Bertz CT molecular complexity index is 352. The van der Waals surface area contributed by atoms with Gasteiger partial charge in [0.25, 0.3) is 0 Å². The molecule has 0 aliphatic carbocycles. The van der Waals surface area contributed by atoms with Crippen molar-refractivity contribution in [3.05, 3.63) is 11.9 Å². The number of hydrogen-bond acceptors (Lipinski definition) is 3. The largest absolute Gasteiger partial charge is 0.374 e.